The van der Waals surface area contributed by atoms with Crippen molar-refractivity contribution >= 4 is 28.2 Å². The van der Waals surface area contributed by atoms with Gasteiger partial charge in [0, 0.05) is 19.1 Å². The first-order chi connectivity index (χ1) is 8.76. The Kier molecular flexibility index (Phi) is 3.71. The molecule has 1 saturated carbocycles. The zero-order chi connectivity index (χ0) is 14.2. The molecule has 1 heterocycles. The summed E-state index contributed by atoms with van der Waals surface area (Å²) < 4.78 is 0. The number of nitrogens with zero attached hydrogens (tertiary/aromatic N) is 2. The van der Waals surface area contributed by atoms with E-state index < -0.39 is 0 Å². The van der Waals surface area contributed by atoms with Crippen molar-refractivity contribution in [1.29, 1.82) is 0 Å². The number of carbonyl (C=O) groups excluding carboxylic acids is 1. The lowest BCUT2D eigenvalue weighted by atomic mass is 10.1. The van der Waals surface area contributed by atoms with E-state index in [1.54, 1.807) is 4.90 Å². The maximum atomic E-state index is 12.3. The van der Waals surface area contributed by atoms with E-state index in [1.807, 2.05) is 27.8 Å². The smallest absolute Gasteiger partial charge is 0.267 e. The monoisotopic (exact) mass is 282 g/mol. The third kappa shape index (κ3) is 3.83. The van der Waals surface area contributed by atoms with E-state index in [1.165, 1.54) is 24.2 Å². The molecule has 0 aliphatic heterocycles. The maximum Gasteiger partial charge on any atom is 0.267 e. The molecule has 1 aliphatic rings. The van der Waals surface area contributed by atoms with Crippen molar-refractivity contribution in [3.8, 4) is 0 Å². The number of hydrogen-bond donors (Lipinski definition) is 2. The summed E-state index contributed by atoms with van der Waals surface area (Å²) in [4.78, 5) is 18.8. The molecule has 0 bridgehead atoms. The molecule has 106 valence electrons. The summed E-state index contributed by atoms with van der Waals surface area (Å²) in [6.45, 7) is 6.96. The van der Waals surface area contributed by atoms with Crippen LogP contribution >= 0.6 is 11.3 Å². The highest BCUT2D eigenvalue weighted by Gasteiger charge is 2.27. The minimum Gasteiger partial charge on any atom is -0.382 e. The second-order valence-corrected chi connectivity index (χ2v) is 7.24. The summed E-state index contributed by atoms with van der Waals surface area (Å²) in [5, 5.41) is 3.95. The third-order valence-electron chi connectivity index (χ3n) is 2.91. The lowest BCUT2D eigenvalue weighted by molar-refractivity contribution is 0.0794. The van der Waals surface area contributed by atoms with Gasteiger partial charge >= 0.3 is 0 Å². The van der Waals surface area contributed by atoms with Gasteiger partial charge in [-0.3, -0.25) is 4.79 Å². The van der Waals surface area contributed by atoms with Crippen molar-refractivity contribution in [2.75, 3.05) is 24.6 Å². The Balaban J connectivity index is 2.08. The number of nitrogen functional groups attached to an aromatic ring is 1. The molecule has 0 saturated heterocycles. The maximum absolute atomic E-state index is 12.3. The zero-order valence-electron chi connectivity index (χ0n) is 12.0. The van der Waals surface area contributed by atoms with Gasteiger partial charge in [0.15, 0.2) is 5.13 Å². The third-order valence-corrected chi connectivity index (χ3v) is 3.88. The molecule has 1 aromatic rings. The number of amides is 1. The van der Waals surface area contributed by atoms with E-state index in [0.717, 1.165) is 6.54 Å². The predicted octanol–water partition coefficient (Wildman–Crippen LogP) is 2.42. The standard InChI is InChI=1S/C13H22N4OS/c1-13(2,3)16-12-15-10(14)9(19-12)11(18)17(4)7-8-5-6-8/h8H,5-7,14H2,1-4H3,(H,15,16). The van der Waals surface area contributed by atoms with Gasteiger partial charge in [0.1, 0.15) is 10.7 Å². The van der Waals surface area contributed by atoms with Crippen LogP contribution < -0.4 is 11.1 Å². The number of nitrogens with one attached hydrogen (secondary N) is 1. The summed E-state index contributed by atoms with van der Waals surface area (Å²) in [6.07, 6.45) is 2.46. The number of aromatic nitrogens is 1. The van der Waals surface area contributed by atoms with E-state index in [-0.39, 0.29) is 11.4 Å². The quantitative estimate of drug-likeness (QED) is 0.889. The molecule has 6 heteroatoms. The second kappa shape index (κ2) is 5.00. The highest BCUT2D eigenvalue weighted by atomic mass is 32.1. The summed E-state index contributed by atoms with van der Waals surface area (Å²) in [5.41, 5.74) is 5.76. The van der Waals surface area contributed by atoms with Crippen LogP contribution in [0.3, 0.4) is 0 Å². The number of anilines is 2. The van der Waals surface area contributed by atoms with Crippen LogP contribution in [0, 0.1) is 5.92 Å². The Bertz CT molecular complexity index is 473. The number of rotatable bonds is 4. The molecule has 1 aromatic heterocycles. The molecule has 3 N–H and O–H groups in total. The number of hydrogen-bond acceptors (Lipinski definition) is 5. The highest BCUT2D eigenvalue weighted by Crippen LogP contribution is 2.32. The minimum atomic E-state index is -0.0927. The van der Waals surface area contributed by atoms with E-state index >= 15 is 0 Å². The molecule has 5 nitrogen and oxygen atoms in total. The predicted molar refractivity (Wildman–Crippen MR) is 79.6 cm³/mol. The van der Waals surface area contributed by atoms with Gasteiger partial charge in [-0.25, -0.2) is 4.98 Å². The van der Waals surface area contributed by atoms with Gasteiger partial charge in [0.2, 0.25) is 0 Å². The topological polar surface area (TPSA) is 71.2 Å². The first-order valence-electron chi connectivity index (χ1n) is 6.56. The van der Waals surface area contributed by atoms with Crippen molar-refractivity contribution in [1.82, 2.24) is 9.88 Å². The average Bonchev–Trinajstić information content (AvgIpc) is 2.99. The second-order valence-electron chi connectivity index (χ2n) is 6.24. The fraction of sp³-hybridized carbons (Fsp3) is 0.692. The van der Waals surface area contributed by atoms with Gasteiger partial charge < -0.3 is 16.0 Å². The van der Waals surface area contributed by atoms with Gasteiger partial charge in [-0.2, -0.15) is 0 Å². The van der Waals surface area contributed by atoms with Gasteiger partial charge in [0.25, 0.3) is 5.91 Å². The largest absolute Gasteiger partial charge is 0.382 e. The molecule has 0 radical (unpaired) electrons. The van der Waals surface area contributed by atoms with E-state index in [0.29, 0.717) is 21.7 Å². The van der Waals surface area contributed by atoms with Crippen LogP contribution in [0.2, 0.25) is 0 Å². The lowest BCUT2D eigenvalue weighted by Gasteiger charge is -2.19. The van der Waals surface area contributed by atoms with Gasteiger partial charge in [-0.05, 0) is 39.5 Å². The Morgan fingerprint density at radius 3 is 2.68 bits per heavy atom. The van der Waals surface area contributed by atoms with Crippen LogP contribution in [-0.4, -0.2) is 34.9 Å². The molecule has 1 amide bonds. The SMILES string of the molecule is CN(CC1CC1)C(=O)c1sc(NC(C)(C)C)nc1N. The first kappa shape index (κ1) is 14.1. The van der Waals surface area contributed by atoms with Crippen LogP contribution in [-0.2, 0) is 0 Å². The molecule has 19 heavy (non-hydrogen) atoms. The molecule has 0 unspecified atom stereocenters. The van der Waals surface area contributed by atoms with Crippen LogP contribution in [0.15, 0.2) is 0 Å². The fourth-order valence-corrected chi connectivity index (χ4v) is 2.89. The fourth-order valence-electron chi connectivity index (χ4n) is 1.80. The molecule has 2 rings (SSSR count). The van der Waals surface area contributed by atoms with Crippen LogP contribution in [0.1, 0.15) is 43.3 Å². The Labute approximate surface area is 118 Å². The van der Waals surface area contributed by atoms with Crippen molar-refractivity contribution < 1.29 is 4.79 Å². The molecule has 1 aliphatic carbocycles. The molecule has 1 fully saturated rings. The van der Waals surface area contributed by atoms with Crippen molar-refractivity contribution in [2.24, 2.45) is 5.92 Å². The minimum absolute atomic E-state index is 0.0242. The molecule has 0 atom stereocenters. The Morgan fingerprint density at radius 1 is 1.53 bits per heavy atom. The van der Waals surface area contributed by atoms with Gasteiger partial charge in [-0.15, -0.1) is 0 Å². The average molecular weight is 282 g/mol. The van der Waals surface area contributed by atoms with Crippen LogP contribution in [0.5, 0.6) is 0 Å². The highest BCUT2D eigenvalue weighted by molar-refractivity contribution is 7.18. The first-order valence-corrected chi connectivity index (χ1v) is 7.38. The summed E-state index contributed by atoms with van der Waals surface area (Å²) >= 11 is 1.33. The molecule has 0 aromatic carbocycles. The van der Waals surface area contributed by atoms with Gasteiger partial charge in [0.05, 0.1) is 0 Å². The van der Waals surface area contributed by atoms with Crippen molar-refractivity contribution in [3.63, 3.8) is 0 Å². The Hall–Kier alpha value is -1.30. The number of carbonyl (C=O) groups is 1. The number of nitrogens with two attached hydrogens (primary N) is 1. The van der Waals surface area contributed by atoms with Crippen molar-refractivity contribution in [2.45, 2.75) is 39.2 Å². The molecular formula is C13H22N4OS. The van der Waals surface area contributed by atoms with E-state index in [4.69, 9.17) is 5.73 Å². The van der Waals surface area contributed by atoms with E-state index in [2.05, 4.69) is 10.3 Å². The summed E-state index contributed by atoms with van der Waals surface area (Å²) in [5.74, 6) is 0.975. The number of thiazole rings is 1. The van der Waals surface area contributed by atoms with Gasteiger partial charge in [-0.1, -0.05) is 11.3 Å². The van der Waals surface area contributed by atoms with Crippen LogP contribution in [0.4, 0.5) is 10.9 Å². The van der Waals surface area contributed by atoms with Crippen molar-refractivity contribution in [3.05, 3.63) is 4.88 Å². The summed E-state index contributed by atoms with van der Waals surface area (Å²) in [6, 6.07) is 0. The summed E-state index contributed by atoms with van der Waals surface area (Å²) in [7, 11) is 1.83. The lowest BCUT2D eigenvalue weighted by Crippen LogP contribution is -2.28. The van der Waals surface area contributed by atoms with E-state index in [9.17, 15) is 4.79 Å². The zero-order valence-corrected chi connectivity index (χ0v) is 12.8. The normalized spacial score (nSPS) is 15.4. The van der Waals surface area contributed by atoms with Crippen LogP contribution in [0.25, 0.3) is 0 Å². The Morgan fingerprint density at radius 2 is 2.16 bits per heavy atom. The molecule has 0 spiro atoms. The molecular weight excluding hydrogens is 260 g/mol.